The lowest BCUT2D eigenvalue weighted by Gasteiger charge is -2.15. The molecule has 148 valence electrons. The molecule has 1 amide bonds. The van der Waals surface area contributed by atoms with Crippen molar-refractivity contribution in [3.8, 4) is 0 Å². The number of carbonyl (C=O) groups is 1. The van der Waals surface area contributed by atoms with Crippen LogP contribution in [0, 0.1) is 0 Å². The van der Waals surface area contributed by atoms with Crippen molar-refractivity contribution in [3.05, 3.63) is 63.6 Å². The lowest BCUT2D eigenvalue weighted by Crippen LogP contribution is -2.28. The maximum Gasteiger partial charge on any atom is 0.271 e. The first-order valence-corrected chi connectivity index (χ1v) is 10.9. The molecule has 6 nitrogen and oxygen atoms in total. The third-order valence-electron chi connectivity index (χ3n) is 4.45. The number of amides is 1. The van der Waals surface area contributed by atoms with Gasteiger partial charge in [-0.25, -0.2) is 13.8 Å². The number of nitrogens with one attached hydrogen (secondary N) is 1. The average molecular weight is 440 g/mol. The van der Waals surface area contributed by atoms with Crippen molar-refractivity contribution < 1.29 is 13.2 Å². The van der Waals surface area contributed by atoms with Crippen LogP contribution < -0.4 is 5.43 Å². The fourth-order valence-corrected chi connectivity index (χ4v) is 5.03. The molecule has 1 fully saturated rings. The molecule has 0 radical (unpaired) electrons. The lowest BCUT2D eigenvalue weighted by molar-refractivity contribution is 0.0954. The maximum absolute atomic E-state index is 12.7. The second-order valence-corrected chi connectivity index (χ2v) is 9.18. The molecular formula is C19H19Cl2N3O3S. The summed E-state index contributed by atoms with van der Waals surface area (Å²) in [6, 6.07) is 10.9. The zero-order valence-electron chi connectivity index (χ0n) is 15.2. The first kappa shape index (κ1) is 20.8. The molecule has 0 aliphatic carbocycles. The number of rotatable bonds is 5. The van der Waals surface area contributed by atoms with E-state index in [1.807, 2.05) is 0 Å². The smallest absolute Gasteiger partial charge is 0.267 e. The molecule has 0 aromatic heterocycles. The van der Waals surface area contributed by atoms with Crippen LogP contribution in [0.4, 0.5) is 0 Å². The van der Waals surface area contributed by atoms with Gasteiger partial charge >= 0.3 is 0 Å². The maximum atomic E-state index is 12.7. The fourth-order valence-electron chi connectivity index (χ4n) is 2.92. The number of hydrogen-bond donors (Lipinski definition) is 1. The van der Waals surface area contributed by atoms with E-state index in [0.717, 1.165) is 12.8 Å². The van der Waals surface area contributed by atoms with E-state index in [0.29, 0.717) is 34.4 Å². The van der Waals surface area contributed by atoms with Gasteiger partial charge in [-0.05, 0) is 50.1 Å². The van der Waals surface area contributed by atoms with Gasteiger partial charge in [0.05, 0.1) is 15.6 Å². The SMILES string of the molecule is C/C(=N/NC(=O)c1cccc(S(=O)(=O)N2CCCC2)c1)c1ccc(Cl)cc1Cl. The van der Waals surface area contributed by atoms with E-state index in [1.54, 1.807) is 37.3 Å². The molecule has 0 atom stereocenters. The topological polar surface area (TPSA) is 78.8 Å². The van der Waals surface area contributed by atoms with E-state index in [9.17, 15) is 13.2 Å². The van der Waals surface area contributed by atoms with Gasteiger partial charge < -0.3 is 0 Å². The molecule has 0 bridgehead atoms. The summed E-state index contributed by atoms with van der Waals surface area (Å²) in [4.78, 5) is 12.5. The van der Waals surface area contributed by atoms with Gasteiger partial charge in [0.2, 0.25) is 10.0 Å². The first-order chi connectivity index (χ1) is 13.3. The molecule has 1 heterocycles. The fraction of sp³-hybridized carbons (Fsp3) is 0.263. The highest BCUT2D eigenvalue weighted by Crippen LogP contribution is 2.22. The Bertz CT molecular complexity index is 1030. The molecule has 28 heavy (non-hydrogen) atoms. The van der Waals surface area contributed by atoms with Crippen LogP contribution in [0.1, 0.15) is 35.7 Å². The van der Waals surface area contributed by atoms with Crippen molar-refractivity contribution in [2.45, 2.75) is 24.7 Å². The Hall–Kier alpha value is -1.93. The number of carbonyl (C=O) groups excluding carboxylic acids is 1. The molecule has 0 saturated carbocycles. The number of benzene rings is 2. The number of halogens is 2. The standard InChI is InChI=1S/C19H19Cl2N3O3S/c1-13(17-8-7-15(20)12-18(17)21)22-23-19(25)14-5-4-6-16(11-14)28(26,27)24-9-2-3-10-24/h4-8,11-12H,2-3,9-10H2,1H3,(H,23,25)/b22-13-. The predicted molar refractivity (Wildman–Crippen MR) is 111 cm³/mol. The van der Waals surface area contributed by atoms with E-state index >= 15 is 0 Å². The predicted octanol–water partition coefficient (Wildman–Crippen LogP) is 3.93. The molecule has 1 aliphatic heterocycles. The monoisotopic (exact) mass is 439 g/mol. The summed E-state index contributed by atoms with van der Waals surface area (Å²) in [5.74, 6) is -0.511. The number of hydrazone groups is 1. The summed E-state index contributed by atoms with van der Waals surface area (Å²) >= 11 is 12.0. The highest BCUT2D eigenvalue weighted by Gasteiger charge is 2.27. The Morgan fingerprint density at radius 3 is 2.50 bits per heavy atom. The Morgan fingerprint density at radius 2 is 1.82 bits per heavy atom. The Kier molecular flexibility index (Phi) is 6.40. The zero-order chi connectivity index (χ0) is 20.3. The Balaban J connectivity index is 1.78. The number of hydrogen-bond acceptors (Lipinski definition) is 4. The van der Waals surface area contributed by atoms with Crippen molar-refractivity contribution in [2.75, 3.05) is 13.1 Å². The van der Waals surface area contributed by atoms with Gasteiger partial charge in [-0.1, -0.05) is 35.3 Å². The molecule has 0 spiro atoms. The van der Waals surface area contributed by atoms with Gasteiger partial charge in [0.1, 0.15) is 0 Å². The van der Waals surface area contributed by atoms with Crippen LogP contribution in [0.25, 0.3) is 0 Å². The number of sulfonamides is 1. The molecule has 9 heteroatoms. The summed E-state index contributed by atoms with van der Waals surface area (Å²) in [6.45, 7) is 2.71. The quantitative estimate of drug-likeness (QED) is 0.565. The minimum absolute atomic E-state index is 0.100. The molecule has 1 N–H and O–H groups in total. The van der Waals surface area contributed by atoms with Crippen LogP contribution in [-0.2, 0) is 10.0 Å². The van der Waals surface area contributed by atoms with Gasteiger partial charge in [-0.3, -0.25) is 4.79 Å². The molecule has 2 aromatic carbocycles. The second kappa shape index (κ2) is 8.61. The normalized spacial score (nSPS) is 15.6. The van der Waals surface area contributed by atoms with Crippen LogP contribution in [0.5, 0.6) is 0 Å². The van der Waals surface area contributed by atoms with Crippen molar-refractivity contribution >= 4 is 44.8 Å². The van der Waals surface area contributed by atoms with Crippen molar-refractivity contribution in [2.24, 2.45) is 5.10 Å². The van der Waals surface area contributed by atoms with Gasteiger partial charge in [-0.15, -0.1) is 0 Å². The van der Waals surface area contributed by atoms with Crippen LogP contribution >= 0.6 is 23.2 Å². The van der Waals surface area contributed by atoms with E-state index in [4.69, 9.17) is 23.2 Å². The molecule has 1 aliphatic rings. The van der Waals surface area contributed by atoms with E-state index in [1.165, 1.54) is 16.4 Å². The summed E-state index contributed by atoms with van der Waals surface area (Å²) in [5, 5.41) is 4.98. The Labute approximate surface area is 174 Å². The molecule has 1 saturated heterocycles. The average Bonchev–Trinajstić information content (AvgIpc) is 3.21. The molecular weight excluding hydrogens is 421 g/mol. The minimum atomic E-state index is -3.59. The van der Waals surface area contributed by atoms with E-state index in [2.05, 4.69) is 10.5 Å². The first-order valence-electron chi connectivity index (χ1n) is 8.69. The van der Waals surface area contributed by atoms with Crippen molar-refractivity contribution in [1.29, 1.82) is 0 Å². The van der Waals surface area contributed by atoms with Crippen molar-refractivity contribution in [3.63, 3.8) is 0 Å². The highest BCUT2D eigenvalue weighted by atomic mass is 35.5. The van der Waals surface area contributed by atoms with Crippen LogP contribution in [0.15, 0.2) is 52.5 Å². The van der Waals surface area contributed by atoms with Crippen LogP contribution in [-0.4, -0.2) is 37.4 Å². The van der Waals surface area contributed by atoms with Crippen LogP contribution in [0.2, 0.25) is 10.0 Å². The summed E-state index contributed by atoms with van der Waals surface area (Å²) in [7, 11) is -3.59. The molecule has 0 unspecified atom stereocenters. The number of nitrogens with zero attached hydrogens (tertiary/aromatic N) is 2. The second-order valence-electron chi connectivity index (χ2n) is 6.40. The van der Waals surface area contributed by atoms with Gasteiger partial charge in [0.25, 0.3) is 5.91 Å². The largest absolute Gasteiger partial charge is 0.271 e. The molecule has 3 rings (SSSR count). The van der Waals surface area contributed by atoms with E-state index < -0.39 is 15.9 Å². The third kappa shape index (κ3) is 4.55. The van der Waals surface area contributed by atoms with Gasteiger partial charge in [0, 0.05) is 29.2 Å². The zero-order valence-corrected chi connectivity index (χ0v) is 17.5. The summed E-state index contributed by atoms with van der Waals surface area (Å²) in [6.07, 6.45) is 1.70. The summed E-state index contributed by atoms with van der Waals surface area (Å²) in [5.41, 5.74) is 3.78. The van der Waals surface area contributed by atoms with Crippen molar-refractivity contribution in [1.82, 2.24) is 9.73 Å². The third-order valence-corrected chi connectivity index (χ3v) is 6.89. The Morgan fingerprint density at radius 1 is 1.11 bits per heavy atom. The van der Waals surface area contributed by atoms with Crippen LogP contribution in [0.3, 0.4) is 0 Å². The highest BCUT2D eigenvalue weighted by molar-refractivity contribution is 7.89. The van der Waals surface area contributed by atoms with Gasteiger partial charge in [-0.2, -0.15) is 9.41 Å². The lowest BCUT2D eigenvalue weighted by atomic mass is 10.1. The summed E-state index contributed by atoms with van der Waals surface area (Å²) < 4.78 is 26.8. The molecule has 2 aromatic rings. The minimum Gasteiger partial charge on any atom is -0.267 e. The van der Waals surface area contributed by atoms with Gasteiger partial charge in [0.15, 0.2) is 0 Å². The van der Waals surface area contributed by atoms with E-state index in [-0.39, 0.29) is 10.5 Å².